The third-order valence-corrected chi connectivity index (χ3v) is 2.29. The van der Waals surface area contributed by atoms with E-state index in [4.69, 9.17) is 5.11 Å². The van der Waals surface area contributed by atoms with Crippen LogP contribution in [-0.4, -0.2) is 26.0 Å². The van der Waals surface area contributed by atoms with Gasteiger partial charge in [0.25, 0.3) is 0 Å². The minimum atomic E-state index is -0.902. The van der Waals surface area contributed by atoms with Crippen LogP contribution in [0, 0.1) is 0 Å². The molecule has 1 unspecified atom stereocenters. The lowest BCUT2D eigenvalue weighted by Gasteiger charge is -2.08. The van der Waals surface area contributed by atoms with Crippen molar-refractivity contribution in [3.05, 3.63) is 48.3 Å². The van der Waals surface area contributed by atoms with Crippen molar-refractivity contribution in [2.45, 2.75) is 12.3 Å². The highest BCUT2D eigenvalue weighted by molar-refractivity contribution is 5.75. The number of nitrogens with one attached hydrogen (secondary N) is 1. The molecule has 2 rings (SSSR count). The molecule has 5 heteroatoms. The van der Waals surface area contributed by atoms with Crippen molar-refractivity contribution in [2.75, 3.05) is 0 Å². The highest BCUT2D eigenvalue weighted by Gasteiger charge is 2.22. The van der Waals surface area contributed by atoms with E-state index in [1.165, 1.54) is 0 Å². The molecule has 0 amide bonds. The second kappa shape index (κ2) is 4.57. The summed E-state index contributed by atoms with van der Waals surface area (Å²) < 4.78 is 0. The third kappa shape index (κ3) is 2.25. The zero-order valence-corrected chi connectivity index (χ0v) is 8.50. The van der Waals surface area contributed by atoms with Gasteiger partial charge in [0, 0.05) is 30.7 Å². The lowest BCUT2D eigenvalue weighted by Crippen LogP contribution is -2.16. The third-order valence-electron chi connectivity index (χ3n) is 2.29. The summed E-state index contributed by atoms with van der Waals surface area (Å²) >= 11 is 0. The molecule has 0 fully saturated rings. The Bertz CT molecular complexity index is 453. The van der Waals surface area contributed by atoms with Crippen molar-refractivity contribution in [2.24, 2.45) is 0 Å². The second-order valence-corrected chi connectivity index (χ2v) is 3.39. The number of aromatic nitrogens is 3. The summed E-state index contributed by atoms with van der Waals surface area (Å²) in [4.78, 5) is 22.0. The van der Waals surface area contributed by atoms with Gasteiger partial charge in [-0.2, -0.15) is 0 Å². The van der Waals surface area contributed by atoms with Crippen molar-refractivity contribution >= 4 is 5.97 Å². The number of H-pyrrole nitrogens is 1. The molecule has 0 spiro atoms. The highest BCUT2D eigenvalue weighted by atomic mass is 16.4. The number of aromatic amines is 1. The van der Waals surface area contributed by atoms with Crippen LogP contribution in [0.1, 0.15) is 17.4 Å². The van der Waals surface area contributed by atoms with Crippen molar-refractivity contribution in [1.29, 1.82) is 0 Å². The summed E-state index contributed by atoms with van der Waals surface area (Å²) in [5.41, 5.74) is 0.742. The lowest BCUT2D eigenvalue weighted by atomic mass is 10.0. The first-order valence-corrected chi connectivity index (χ1v) is 4.89. The summed E-state index contributed by atoms with van der Waals surface area (Å²) in [5.74, 6) is -1.12. The molecule has 0 aliphatic carbocycles. The van der Waals surface area contributed by atoms with Crippen LogP contribution in [0.4, 0.5) is 0 Å². The van der Waals surface area contributed by atoms with Crippen LogP contribution >= 0.6 is 0 Å². The first kappa shape index (κ1) is 10.4. The number of rotatable bonds is 4. The number of carboxylic acid groups (broad SMARTS) is 1. The Morgan fingerprint density at radius 1 is 1.38 bits per heavy atom. The first-order valence-electron chi connectivity index (χ1n) is 4.89. The minimum Gasteiger partial charge on any atom is -0.481 e. The molecular formula is C11H11N3O2. The Balaban J connectivity index is 2.19. The molecule has 0 aliphatic heterocycles. The molecule has 2 aromatic rings. The maximum absolute atomic E-state index is 11.1. The van der Waals surface area contributed by atoms with Gasteiger partial charge in [0.15, 0.2) is 0 Å². The molecule has 0 aliphatic rings. The molecule has 0 radical (unpaired) electrons. The lowest BCUT2D eigenvalue weighted by molar-refractivity contribution is -0.139. The molecule has 0 saturated heterocycles. The van der Waals surface area contributed by atoms with E-state index < -0.39 is 11.9 Å². The number of aliphatic carboxylic acids is 1. The maximum atomic E-state index is 11.1. The van der Waals surface area contributed by atoms with Gasteiger partial charge < -0.3 is 10.1 Å². The molecule has 2 aromatic heterocycles. The number of nitrogens with zero attached hydrogens (tertiary/aromatic N) is 2. The van der Waals surface area contributed by atoms with Crippen molar-refractivity contribution in [3.8, 4) is 0 Å². The molecule has 16 heavy (non-hydrogen) atoms. The van der Waals surface area contributed by atoms with Crippen LogP contribution in [0.3, 0.4) is 0 Å². The van der Waals surface area contributed by atoms with E-state index in [-0.39, 0.29) is 0 Å². The predicted molar refractivity (Wildman–Crippen MR) is 56.9 cm³/mol. The van der Waals surface area contributed by atoms with Crippen LogP contribution in [-0.2, 0) is 11.2 Å². The molecule has 1 atom stereocenters. The van der Waals surface area contributed by atoms with Gasteiger partial charge in [0.05, 0.1) is 0 Å². The van der Waals surface area contributed by atoms with E-state index in [9.17, 15) is 4.79 Å². The number of hydrogen-bond donors (Lipinski definition) is 2. The summed E-state index contributed by atoms with van der Waals surface area (Å²) in [5, 5.41) is 9.12. The molecular weight excluding hydrogens is 206 g/mol. The molecule has 2 heterocycles. The molecule has 2 N–H and O–H groups in total. The van der Waals surface area contributed by atoms with Gasteiger partial charge in [-0.25, -0.2) is 4.98 Å². The second-order valence-electron chi connectivity index (χ2n) is 3.39. The van der Waals surface area contributed by atoms with Gasteiger partial charge in [-0.05, 0) is 12.1 Å². The number of carbonyl (C=O) groups is 1. The number of hydrogen-bond acceptors (Lipinski definition) is 3. The zero-order chi connectivity index (χ0) is 11.4. The quantitative estimate of drug-likeness (QED) is 0.806. The van der Waals surface area contributed by atoms with E-state index in [1.54, 1.807) is 30.7 Å². The van der Waals surface area contributed by atoms with Crippen LogP contribution < -0.4 is 0 Å². The van der Waals surface area contributed by atoms with Crippen molar-refractivity contribution < 1.29 is 9.90 Å². The Kier molecular flexibility index (Phi) is 2.95. The van der Waals surface area contributed by atoms with Crippen LogP contribution in [0.5, 0.6) is 0 Å². The Morgan fingerprint density at radius 2 is 2.25 bits per heavy atom. The van der Waals surface area contributed by atoms with Gasteiger partial charge in [-0.15, -0.1) is 0 Å². The van der Waals surface area contributed by atoms with Crippen LogP contribution in [0.25, 0.3) is 0 Å². The number of pyridine rings is 1. The van der Waals surface area contributed by atoms with E-state index in [0.29, 0.717) is 12.2 Å². The van der Waals surface area contributed by atoms with Crippen LogP contribution in [0.15, 0.2) is 36.8 Å². The van der Waals surface area contributed by atoms with Crippen molar-refractivity contribution in [1.82, 2.24) is 15.0 Å². The maximum Gasteiger partial charge on any atom is 0.314 e. The summed E-state index contributed by atoms with van der Waals surface area (Å²) in [6.07, 6.45) is 5.15. The zero-order valence-electron chi connectivity index (χ0n) is 8.50. The first-order chi connectivity index (χ1) is 7.77. The van der Waals surface area contributed by atoms with E-state index in [1.807, 2.05) is 6.07 Å². The van der Waals surface area contributed by atoms with E-state index >= 15 is 0 Å². The Hall–Kier alpha value is -2.17. The monoisotopic (exact) mass is 217 g/mol. The standard InChI is InChI=1S/C11H11N3O2/c15-11(16)9(10-13-5-6-14-10)7-8-3-1-2-4-12-8/h1-6,9H,7H2,(H,13,14)(H,15,16). The molecule has 82 valence electrons. The molecule has 0 aromatic carbocycles. The average molecular weight is 217 g/mol. The number of carboxylic acids is 1. The molecule has 5 nitrogen and oxygen atoms in total. The smallest absolute Gasteiger partial charge is 0.314 e. The van der Waals surface area contributed by atoms with Gasteiger partial charge in [0.2, 0.25) is 0 Å². The molecule has 0 saturated carbocycles. The summed E-state index contributed by atoms with van der Waals surface area (Å²) in [7, 11) is 0. The topological polar surface area (TPSA) is 78.9 Å². The van der Waals surface area contributed by atoms with Gasteiger partial charge >= 0.3 is 5.97 Å². The average Bonchev–Trinajstić information content (AvgIpc) is 2.80. The van der Waals surface area contributed by atoms with E-state index in [0.717, 1.165) is 5.69 Å². The van der Waals surface area contributed by atoms with Gasteiger partial charge in [0.1, 0.15) is 11.7 Å². The summed E-state index contributed by atoms with van der Waals surface area (Å²) in [6.45, 7) is 0. The normalized spacial score (nSPS) is 12.2. The van der Waals surface area contributed by atoms with Gasteiger partial charge in [-0.3, -0.25) is 9.78 Å². The highest BCUT2D eigenvalue weighted by Crippen LogP contribution is 2.16. The van der Waals surface area contributed by atoms with Crippen LogP contribution in [0.2, 0.25) is 0 Å². The Labute approximate surface area is 92.2 Å². The fourth-order valence-electron chi connectivity index (χ4n) is 1.50. The van der Waals surface area contributed by atoms with Crippen molar-refractivity contribution in [3.63, 3.8) is 0 Å². The predicted octanol–water partition coefficient (Wildman–Crippen LogP) is 1.22. The SMILES string of the molecule is O=C(O)C(Cc1ccccn1)c1ncc[nH]1. The number of imidazole rings is 1. The van der Waals surface area contributed by atoms with Gasteiger partial charge in [-0.1, -0.05) is 6.07 Å². The minimum absolute atomic E-state index is 0.337. The summed E-state index contributed by atoms with van der Waals surface area (Å²) in [6, 6.07) is 5.44. The molecule has 0 bridgehead atoms. The Morgan fingerprint density at radius 3 is 2.81 bits per heavy atom. The fourth-order valence-corrected chi connectivity index (χ4v) is 1.50. The van der Waals surface area contributed by atoms with E-state index in [2.05, 4.69) is 15.0 Å². The largest absolute Gasteiger partial charge is 0.481 e. The fraction of sp³-hybridized carbons (Fsp3) is 0.182.